The van der Waals surface area contributed by atoms with Crippen molar-refractivity contribution in [2.24, 2.45) is 0 Å². The maximum Gasteiger partial charge on any atom is 0.319 e. The van der Waals surface area contributed by atoms with Crippen molar-refractivity contribution < 1.29 is 17.9 Å². The first kappa shape index (κ1) is 24.2. The molecule has 1 aromatic heterocycles. The number of hydrogen-bond acceptors (Lipinski definition) is 7. The lowest BCUT2D eigenvalue weighted by atomic mass is 10.2. The van der Waals surface area contributed by atoms with E-state index in [-0.39, 0.29) is 28.8 Å². The average Bonchev–Trinajstić information content (AvgIpc) is 3.69. The number of carbonyl (C=O) groups is 1. The van der Waals surface area contributed by atoms with E-state index in [2.05, 4.69) is 27.4 Å². The monoisotopic (exact) mass is 507 g/mol. The van der Waals surface area contributed by atoms with Crippen molar-refractivity contribution in [3.63, 3.8) is 0 Å². The van der Waals surface area contributed by atoms with Gasteiger partial charge in [-0.05, 0) is 56.2 Å². The maximum atomic E-state index is 13.1. The second kappa shape index (κ2) is 10.2. The van der Waals surface area contributed by atoms with Gasteiger partial charge in [-0.25, -0.2) is 23.2 Å². The molecule has 0 radical (unpaired) electrons. The molecule has 36 heavy (non-hydrogen) atoms. The Morgan fingerprint density at radius 1 is 1.08 bits per heavy atom. The van der Waals surface area contributed by atoms with Crippen LogP contribution in [-0.2, 0) is 20.3 Å². The second-order valence-electron chi connectivity index (χ2n) is 9.18. The molecule has 2 N–H and O–H groups in total. The Hall–Kier alpha value is -3.50. The largest absolute Gasteiger partial charge is 0.377 e. The number of benzene rings is 2. The highest BCUT2D eigenvalue weighted by atomic mass is 32.2. The number of morpholine rings is 1. The fourth-order valence-corrected chi connectivity index (χ4v) is 5.37. The molecule has 5 rings (SSSR count). The standard InChI is InChI=1S/C26H29N5O4S/c1-18-16-35-14-13-31(18)24-15-22(17-36(33,34)23-5-3-2-4-6-23)27-25(30-24)19-7-9-20(10-8-19)28-26(32)29-21-11-12-21/h2-10,15,18,21H,11-14,16-17H2,1H3,(H2,28,29,32)/t18-/m0/s1. The SMILES string of the molecule is C[C@H]1COCCN1c1cc(CS(=O)(=O)c2ccccc2)nc(-c2ccc(NC(=O)NC3CC3)cc2)n1. The Labute approximate surface area is 210 Å². The van der Waals surface area contributed by atoms with Gasteiger partial charge in [0.25, 0.3) is 0 Å². The van der Waals surface area contributed by atoms with Gasteiger partial charge in [0.05, 0.1) is 35.6 Å². The fourth-order valence-electron chi connectivity index (χ4n) is 4.09. The number of ether oxygens (including phenoxy) is 1. The van der Waals surface area contributed by atoms with Crippen molar-refractivity contribution in [1.82, 2.24) is 15.3 Å². The molecule has 2 fully saturated rings. The van der Waals surface area contributed by atoms with Crippen molar-refractivity contribution >= 4 is 27.4 Å². The average molecular weight is 508 g/mol. The zero-order valence-corrected chi connectivity index (χ0v) is 20.9. The van der Waals surface area contributed by atoms with Crippen LogP contribution in [-0.4, -0.2) is 56.3 Å². The van der Waals surface area contributed by atoms with Crippen LogP contribution in [0.15, 0.2) is 65.6 Å². The molecule has 2 aliphatic rings. The third-order valence-electron chi connectivity index (χ3n) is 6.18. The Bertz CT molecular complexity index is 1330. The van der Waals surface area contributed by atoms with E-state index < -0.39 is 9.84 Å². The summed E-state index contributed by atoms with van der Waals surface area (Å²) in [5, 5.41) is 5.72. The first-order chi connectivity index (χ1) is 17.4. The Balaban J connectivity index is 1.44. The van der Waals surface area contributed by atoms with E-state index in [4.69, 9.17) is 9.72 Å². The van der Waals surface area contributed by atoms with Crippen molar-refractivity contribution in [2.45, 2.75) is 42.5 Å². The minimum atomic E-state index is -3.59. The number of sulfone groups is 1. The minimum absolute atomic E-state index is 0.0941. The molecule has 1 aliphatic heterocycles. The van der Waals surface area contributed by atoms with Gasteiger partial charge in [0.2, 0.25) is 0 Å². The molecule has 188 valence electrons. The van der Waals surface area contributed by atoms with Crippen LogP contribution in [0.3, 0.4) is 0 Å². The number of nitrogens with one attached hydrogen (secondary N) is 2. The van der Waals surface area contributed by atoms with E-state index in [1.807, 2.05) is 12.1 Å². The molecule has 2 heterocycles. The van der Waals surface area contributed by atoms with E-state index in [1.165, 1.54) is 0 Å². The third kappa shape index (κ3) is 5.83. The van der Waals surface area contributed by atoms with Gasteiger partial charge in [-0.3, -0.25) is 0 Å². The highest BCUT2D eigenvalue weighted by Crippen LogP contribution is 2.26. The van der Waals surface area contributed by atoms with Gasteiger partial charge in [0.15, 0.2) is 15.7 Å². The maximum absolute atomic E-state index is 13.1. The van der Waals surface area contributed by atoms with Crippen LogP contribution in [0.2, 0.25) is 0 Å². The Kier molecular flexibility index (Phi) is 6.88. The summed E-state index contributed by atoms with van der Waals surface area (Å²) in [5.41, 5.74) is 1.80. The van der Waals surface area contributed by atoms with E-state index in [9.17, 15) is 13.2 Å². The first-order valence-electron chi connectivity index (χ1n) is 12.1. The van der Waals surface area contributed by atoms with Crippen molar-refractivity contribution in [1.29, 1.82) is 0 Å². The quantitative estimate of drug-likeness (QED) is 0.502. The van der Waals surface area contributed by atoms with E-state index in [0.717, 1.165) is 18.4 Å². The molecule has 10 heteroatoms. The summed E-state index contributed by atoms with van der Waals surface area (Å²) >= 11 is 0. The number of rotatable bonds is 7. The molecule has 2 amide bonds. The predicted octanol–water partition coefficient (Wildman–Crippen LogP) is 3.63. The molecule has 2 aromatic carbocycles. The smallest absolute Gasteiger partial charge is 0.319 e. The number of carbonyl (C=O) groups excluding carboxylic acids is 1. The number of anilines is 2. The molecular weight excluding hydrogens is 478 g/mol. The summed E-state index contributed by atoms with van der Waals surface area (Å²) in [7, 11) is -3.59. The van der Waals surface area contributed by atoms with Crippen LogP contribution >= 0.6 is 0 Å². The highest BCUT2D eigenvalue weighted by molar-refractivity contribution is 7.90. The predicted molar refractivity (Wildman–Crippen MR) is 138 cm³/mol. The van der Waals surface area contributed by atoms with E-state index in [0.29, 0.717) is 42.8 Å². The Morgan fingerprint density at radius 3 is 2.53 bits per heavy atom. The zero-order chi connectivity index (χ0) is 25.1. The summed E-state index contributed by atoms with van der Waals surface area (Å²) < 4.78 is 31.7. The summed E-state index contributed by atoms with van der Waals surface area (Å²) in [6.07, 6.45) is 2.04. The van der Waals surface area contributed by atoms with Crippen LogP contribution in [0.4, 0.5) is 16.3 Å². The molecule has 3 aromatic rings. The molecule has 1 atom stereocenters. The van der Waals surface area contributed by atoms with Gasteiger partial charge < -0.3 is 20.3 Å². The van der Waals surface area contributed by atoms with Gasteiger partial charge in [0, 0.05) is 29.9 Å². The van der Waals surface area contributed by atoms with Gasteiger partial charge in [-0.1, -0.05) is 18.2 Å². The number of urea groups is 1. The molecule has 1 saturated carbocycles. The van der Waals surface area contributed by atoms with E-state index >= 15 is 0 Å². The van der Waals surface area contributed by atoms with Crippen LogP contribution in [0.1, 0.15) is 25.5 Å². The lowest BCUT2D eigenvalue weighted by Crippen LogP contribution is -2.44. The normalized spacial score (nSPS) is 18.0. The second-order valence-corrected chi connectivity index (χ2v) is 11.2. The lowest BCUT2D eigenvalue weighted by molar-refractivity contribution is 0.0985. The van der Waals surface area contributed by atoms with Crippen LogP contribution in [0, 0.1) is 0 Å². The van der Waals surface area contributed by atoms with Gasteiger partial charge in [-0.2, -0.15) is 0 Å². The first-order valence-corrected chi connectivity index (χ1v) is 13.7. The molecule has 0 bridgehead atoms. The van der Waals surface area contributed by atoms with Gasteiger partial charge in [0.1, 0.15) is 5.82 Å². The number of aromatic nitrogens is 2. The molecule has 1 aliphatic carbocycles. The number of amides is 2. The van der Waals surface area contributed by atoms with Crippen molar-refractivity contribution in [2.75, 3.05) is 30.0 Å². The fraction of sp³-hybridized carbons (Fsp3) is 0.346. The number of hydrogen-bond donors (Lipinski definition) is 2. The lowest BCUT2D eigenvalue weighted by Gasteiger charge is -2.34. The number of nitrogens with zero attached hydrogens (tertiary/aromatic N) is 3. The van der Waals surface area contributed by atoms with Crippen LogP contribution in [0.5, 0.6) is 0 Å². The van der Waals surface area contributed by atoms with Crippen molar-refractivity contribution in [3.05, 3.63) is 66.4 Å². The minimum Gasteiger partial charge on any atom is -0.377 e. The molecular formula is C26H29N5O4S. The summed E-state index contributed by atoms with van der Waals surface area (Å²) in [5.74, 6) is 0.859. The van der Waals surface area contributed by atoms with E-state index in [1.54, 1.807) is 48.5 Å². The summed E-state index contributed by atoms with van der Waals surface area (Å²) in [6.45, 7) is 3.85. The highest BCUT2D eigenvalue weighted by Gasteiger charge is 2.25. The zero-order valence-electron chi connectivity index (χ0n) is 20.1. The molecule has 0 unspecified atom stereocenters. The molecule has 9 nitrogen and oxygen atoms in total. The van der Waals surface area contributed by atoms with Crippen LogP contribution < -0.4 is 15.5 Å². The van der Waals surface area contributed by atoms with Crippen molar-refractivity contribution in [3.8, 4) is 11.4 Å². The van der Waals surface area contributed by atoms with Gasteiger partial charge in [-0.15, -0.1) is 0 Å². The summed E-state index contributed by atoms with van der Waals surface area (Å²) in [4.78, 5) is 23.8. The third-order valence-corrected chi connectivity index (χ3v) is 7.85. The summed E-state index contributed by atoms with van der Waals surface area (Å²) in [6, 6.07) is 17.5. The van der Waals surface area contributed by atoms with Gasteiger partial charge >= 0.3 is 6.03 Å². The van der Waals surface area contributed by atoms with Crippen LogP contribution in [0.25, 0.3) is 11.4 Å². The topological polar surface area (TPSA) is 114 Å². The Morgan fingerprint density at radius 2 is 1.83 bits per heavy atom. The molecule has 0 spiro atoms. The molecule has 1 saturated heterocycles.